The molecule has 0 aromatic heterocycles. The van der Waals surface area contributed by atoms with E-state index in [1.54, 1.807) is 12.1 Å². The van der Waals surface area contributed by atoms with Crippen LogP contribution >= 0.6 is 23.2 Å². The summed E-state index contributed by atoms with van der Waals surface area (Å²) < 4.78 is 0. The third-order valence-electron chi connectivity index (χ3n) is 4.48. The second-order valence-corrected chi connectivity index (χ2v) is 7.26. The van der Waals surface area contributed by atoms with Crippen LogP contribution in [0.5, 0.6) is 0 Å². The van der Waals surface area contributed by atoms with Crippen LogP contribution in [0.1, 0.15) is 33.7 Å². The maximum absolute atomic E-state index is 12.9. The van der Waals surface area contributed by atoms with Crippen LogP contribution in [0, 0.1) is 0 Å². The summed E-state index contributed by atoms with van der Waals surface area (Å²) in [5, 5.41) is 3.68. The van der Waals surface area contributed by atoms with Crippen molar-refractivity contribution >= 4 is 35.0 Å². The van der Waals surface area contributed by atoms with Crippen molar-refractivity contribution in [2.45, 2.75) is 12.2 Å². The Bertz CT molecular complexity index is 1040. The van der Waals surface area contributed by atoms with Gasteiger partial charge in [0, 0.05) is 5.56 Å². The van der Waals surface area contributed by atoms with Gasteiger partial charge in [0.2, 0.25) is 5.90 Å². The molecule has 7 heteroatoms. The Balaban J connectivity index is 1.62. The van der Waals surface area contributed by atoms with Crippen molar-refractivity contribution in [3.05, 3.63) is 106 Å². The minimum absolute atomic E-state index is 0.313. The van der Waals surface area contributed by atoms with E-state index in [0.29, 0.717) is 21.5 Å². The molecule has 146 valence electrons. The maximum atomic E-state index is 12.9. The van der Waals surface area contributed by atoms with E-state index in [2.05, 4.69) is 15.8 Å². The normalized spacial score (nSPS) is 16.6. The van der Waals surface area contributed by atoms with Crippen molar-refractivity contribution in [3.8, 4) is 0 Å². The summed E-state index contributed by atoms with van der Waals surface area (Å²) in [6, 6.07) is 23.4. The van der Waals surface area contributed by atoms with Crippen LogP contribution in [0.15, 0.2) is 83.9 Å². The van der Waals surface area contributed by atoms with Gasteiger partial charge in [0.25, 0.3) is 5.91 Å². The van der Waals surface area contributed by atoms with E-state index in [1.165, 1.54) is 6.07 Å². The average Bonchev–Trinajstić information content (AvgIpc) is 3.25. The number of amides is 1. The molecule has 29 heavy (non-hydrogen) atoms. The van der Waals surface area contributed by atoms with Gasteiger partial charge < -0.3 is 10.2 Å². The molecule has 0 radical (unpaired) electrons. The second kappa shape index (κ2) is 8.66. The van der Waals surface area contributed by atoms with Crippen LogP contribution in [-0.4, -0.2) is 11.8 Å². The number of aliphatic imine (C=N–C) groups is 1. The van der Waals surface area contributed by atoms with E-state index >= 15 is 0 Å². The summed E-state index contributed by atoms with van der Waals surface area (Å²) in [6.07, 6.45) is -0.348. The van der Waals surface area contributed by atoms with E-state index in [4.69, 9.17) is 28.0 Å². The summed E-state index contributed by atoms with van der Waals surface area (Å²) in [6.45, 7) is 0. The fourth-order valence-corrected chi connectivity index (χ4v) is 3.29. The molecule has 1 aliphatic heterocycles. The Morgan fingerprint density at radius 3 is 2.34 bits per heavy atom. The molecule has 2 unspecified atom stereocenters. The molecule has 0 bridgehead atoms. The van der Waals surface area contributed by atoms with Crippen molar-refractivity contribution in [3.63, 3.8) is 0 Å². The summed E-state index contributed by atoms with van der Waals surface area (Å²) >= 11 is 12.0. The van der Waals surface area contributed by atoms with Gasteiger partial charge >= 0.3 is 0 Å². The highest BCUT2D eigenvalue weighted by Crippen LogP contribution is 2.26. The number of hydrogen-bond acceptors (Lipinski definition) is 4. The van der Waals surface area contributed by atoms with Gasteiger partial charge in [-0.15, -0.1) is 5.48 Å². The lowest BCUT2D eigenvalue weighted by Crippen LogP contribution is -2.34. The van der Waals surface area contributed by atoms with Crippen molar-refractivity contribution in [2.75, 3.05) is 0 Å². The number of nitrogens with zero attached hydrogens (tertiary/aromatic N) is 1. The number of nitrogens with one attached hydrogen (secondary N) is 2. The van der Waals surface area contributed by atoms with Gasteiger partial charge in [-0.1, -0.05) is 83.9 Å². The standard InChI is InChI=1S/C22H17Cl2N3O2/c23-17-12-11-16(13-18(17)24)21(28)25-19(14-7-3-1-4-8-14)22-26-20(27-29-22)15-9-5-2-6-10-15/h1-13,19-20,27H,(H,25,28). The fourth-order valence-electron chi connectivity index (χ4n) is 2.99. The van der Waals surface area contributed by atoms with Gasteiger partial charge in [-0.25, -0.2) is 4.99 Å². The molecular formula is C22H17Cl2N3O2. The minimum atomic E-state index is -0.570. The first-order chi connectivity index (χ1) is 14.1. The Hall–Kier alpha value is -2.86. The van der Waals surface area contributed by atoms with Gasteiger partial charge in [-0.05, 0) is 29.3 Å². The smallest absolute Gasteiger partial charge is 0.252 e. The number of halogens is 2. The van der Waals surface area contributed by atoms with Crippen LogP contribution in [0.3, 0.4) is 0 Å². The lowest BCUT2D eigenvalue weighted by atomic mass is 10.1. The quantitative estimate of drug-likeness (QED) is 0.597. The lowest BCUT2D eigenvalue weighted by molar-refractivity contribution is 0.0937. The molecule has 2 atom stereocenters. The molecule has 0 fully saturated rings. The van der Waals surface area contributed by atoms with Gasteiger partial charge in [-0.3, -0.25) is 4.79 Å². The number of rotatable bonds is 5. The first kappa shape index (κ1) is 19.5. The maximum Gasteiger partial charge on any atom is 0.252 e. The molecule has 5 nitrogen and oxygen atoms in total. The molecule has 2 N–H and O–H groups in total. The highest BCUT2D eigenvalue weighted by Gasteiger charge is 2.29. The fraction of sp³-hybridized carbons (Fsp3) is 0.0909. The number of benzene rings is 3. The second-order valence-electron chi connectivity index (χ2n) is 6.45. The Labute approximate surface area is 178 Å². The van der Waals surface area contributed by atoms with Gasteiger partial charge in [0.15, 0.2) is 6.17 Å². The molecule has 1 heterocycles. The number of hydroxylamine groups is 1. The zero-order valence-corrected chi connectivity index (χ0v) is 16.7. The molecule has 0 saturated heterocycles. The number of carbonyl (C=O) groups is 1. The Morgan fingerprint density at radius 1 is 0.966 bits per heavy atom. The molecule has 3 aromatic carbocycles. The van der Waals surface area contributed by atoms with Crippen LogP contribution < -0.4 is 10.8 Å². The van der Waals surface area contributed by atoms with Crippen molar-refractivity contribution in [1.82, 2.24) is 10.8 Å². The summed E-state index contributed by atoms with van der Waals surface area (Å²) in [4.78, 5) is 23.1. The molecule has 0 saturated carbocycles. The topological polar surface area (TPSA) is 62.7 Å². The molecule has 1 amide bonds. The van der Waals surface area contributed by atoms with Crippen molar-refractivity contribution < 1.29 is 9.63 Å². The van der Waals surface area contributed by atoms with Crippen LogP contribution in [-0.2, 0) is 4.84 Å². The monoisotopic (exact) mass is 425 g/mol. The third-order valence-corrected chi connectivity index (χ3v) is 5.22. The molecule has 0 aliphatic carbocycles. The number of hydrogen-bond donors (Lipinski definition) is 2. The largest absolute Gasteiger partial charge is 0.388 e. The number of carbonyl (C=O) groups excluding carboxylic acids is 1. The van der Waals surface area contributed by atoms with Crippen LogP contribution in [0.25, 0.3) is 0 Å². The van der Waals surface area contributed by atoms with Gasteiger partial charge in [0.1, 0.15) is 6.04 Å². The van der Waals surface area contributed by atoms with E-state index in [-0.39, 0.29) is 12.1 Å². The molecule has 1 aliphatic rings. The Kier molecular flexibility index (Phi) is 5.81. The van der Waals surface area contributed by atoms with E-state index < -0.39 is 6.04 Å². The predicted octanol–water partition coefficient (Wildman–Crippen LogP) is 5.10. The first-order valence-corrected chi connectivity index (χ1v) is 9.73. The zero-order chi connectivity index (χ0) is 20.2. The summed E-state index contributed by atoms with van der Waals surface area (Å²) in [5.74, 6) is 0.0605. The van der Waals surface area contributed by atoms with Crippen molar-refractivity contribution in [1.29, 1.82) is 0 Å². The first-order valence-electron chi connectivity index (χ1n) is 8.97. The Morgan fingerprint density at radius 2 is 1.66 bits per heavy atom. The zero-order valence-electron chi connectivity index (χ0n) is 15.2. The highest BCUT2D eigenvalue weighted by atomic mass is 35.5. The summed E-state index contributed by atoms with van der Waals surface area (Å²) in [5.41, 5.74) is 5.11. The van der Waals surface area contributed by atoms with Crippen LogP contribution in [0.4, 0.5) is 0 Å². The SMILES string of the molecule is O=C(NC(C1=NC(c2ccccc2)NO1)c1ccccc1)c1ccc(Cl)c(Cl)c1. The molecular weight excluding hydrogens is 409 g/mol. The summed E-state index contributed by atoms with van der Waals surface area (Å²) in [7, 11) is 0. The van der Waals surface area contributed by atoms with Gasteiger partial charge in [0.05, 0.1) is 10.0 Å². The van der Waals surface area contributed by atoms with E-state index in [9.17, 15) is 4.79 Å². The highest BCUT2D eigenvalue weighted by molar-refractivity contribution is 6.42. The molecule has 0 spiro atoms. The van der Waals surface area contributed by atoms with E-state index in [0.717, 1.165) is 11.1 Å². The predicted molar refractivity (Wildman–Crippen MR) is 114 cm³/mol. The van der Waals surface area contributed by atoms with Crippen molar-refractivity contribution in [2.24, 2.45) is 4.99 Å². The lowest BCUT2D eigenvalue weighted by Gasteiger charge is -2.18. The van der Waals surface area contributed by atoms with E-state index in [1.807, 2.05) is 60.7 Å². The molecule has 3 aromatic rings. The molecule has 4 rings (SSSR count). The average molecular weight is 426 g/mol. The third kappa shape index (κ3) is 4.43. The van der Waals surface area contributed by atoms with Crippen LogP contribution in [0.2, 0.25) is 10.0 Å². The minimum Gasteiger partial charge on any atom is -0.388 e. The van der Waals surface area contributed by atoms with Gasteiger partial charge in [-0.2, -0.15) is 0 Å².